The smallest absolute Gasteiger partial charge is 0.321 e. The maximum Gasteiger partial charge on any atom is 0.321 e. The molecule has 0 unspecified atom stereocenters. The second-order valence-corrected chi connectivity index (χ2v) is 8.19. The molecule has 0 aromatic heterocycles. The number of hydrogen-bond acceptors (Lipinski definition) is 3. The molecule has 9 heteroatoms. The van der Waals surface area contributed by atoms with E-state index >= 15 is 0 Å². The maximum absolute atomic E-state index is 14.0. The van der Waals surface area contributed by atoms with E-state index in [-0.39, 0.29) is 30.3 Å². The zero-order valence-electron chi connectivity index (χ0n) is 17.7. The lowest BCUT2D eigenvalue weighted by molar-refractivity contribution is -0.128. The predicted molar refractivity (Wildman–Crippen MR) is 121 cm³/mol. The first-order chi connectivity index (χ1) is 15.3. The second-order valence-electron chi connectivity index (χ2n) is 7.76. The zero-order valence-corrected chi connectivity index (χ0v) is 18.5. The Hall–Kier alpha value is -3.13. The highest BCUT2D eigenvalue weighted by atomic mass is 35.5. The van der Waals surface area contributed by atoms with Gasteiger partial charge >= 0.3 is 6.03 Å². The van der Waals surface area contributed by atoms with Crippen molar-refractivity contribution in [1.29, 1.82) is 0 Å². The number of hydrogen-bond donors (Lipinski definition) is 3. The van der Waals surface area contributed by atoms with Gasteiger partial charge in [-0.05, 0) is 48.7 Å². The van der Waals surface area contributed by atoms with Crippen molar-refractivity contribution in [3.8, 4) is 0 Å². The van der Waals surface area contributed by atoms with Gasteiger partial charge in [0.15, 0.2) is 0 Å². The average Bonchev–Trinajstić information content (AvgIpc) is 2.76. The molecule has 0 saturated carbocycles. The molecule has 0 radical (unpaired) electrons. The molecule has 1 aliphatic heterocycles. The standard InChI is InChI=1S/C23H26ClFN4O3/c1-15(30)26-21(14-16-4-2-3-5-20(16)25)22(31)27-19-10-12-29(13-11-19)23(32)28-18-8-6-17(24)7-9-18/h2-9,19,21H,10-14H2,1H3,(H,26,30)(H,27,31)(H,28,32)/t21-/m1/s1. The first-order valence-corrected chi connectivity index (χ1v) is 10.8. The summed E-state index contributed by atoms with van der Waals surface area (Å²) in [6, 6.07) is 11.8. The van der Waals surface area contributed by atoms with Gasteiger partial charge in [0.2, 0.25) is 11.8 Å². The van der Waals surface area contributed by atoms with Gasteiger partial charge < -0.3 is 20.9 Å². The molecule has 2 aromatic carbocycles. The molecule has 0 bridgehead atoms. The van der Waals surface area contributed by atoms with Crippen LogP contribution >= 0.6 is 11.6 Å². The number of nitrogens with zero attached hydrogens (tertiary/aromatic N) is 1. The lowest BCUT2D eigenvalue weighted by atomic mass is 10.0. The van der Waals surface area contributed by atoms with Crippen LogP contribution in [0.1, 0.15) is 25.3 Å². The minimum atomic E-state index is -0.879. The number of carbonyl (C=O) groups is 3. The van der Waals surface area contributed by atoms with Gasteiger partial charge in [0.1, 0.15) is 11.9 Å². The van der Waals surface area contributed by atoms with Gasteiger partial charge in [-0.1, -0.05) is 29.8 Å². The van der Waals surface area contributed by atoms with E-state index in [2.05, 4.69) is 16.0 Å². The molecule has 3 N–H and O–H groups in total. The summed E-state index contributed by atoms with van der Waals surface area (Å²) in [4.78, 5) is 38.5. The van der Waals surface area contributed by atoms with Gasteiger partial charge in [0.05, 0.1) is 0 Å². The molecule has 1 heterocycles. The van der Waals surface area contributed by atoms with Crippen LogP contribution in [0, 0.1) is 5.82 Å². The summed E-state index contributed by atoms with van der Waals surface area (Å²) in [5.41, 5.74) is 1.01. The van der Waals surface area contributed by atoms with Gasteiger partial charge in [-0.15, -0.1) is 0 Å². The molecule has 170 valence electrons. The number of rotatable bonds is 6. The highest BCUT2D eigenvalue weighted by Gasteiger charge is 2.27. The number of urea groups is 1. The van der Waals surface area contributed by atoms with Crippen LogP contribution in [0.3, 0.4) is 0 Å². The topological polar surface area (TPSA) is 90.5 Å². The first-order valence-electron chi connectivity index (χ1n) is 10.4. The zero-order chi connectivity index (χ0) is 23.1. The van der Waals surface area contributed by atoms with Crippen molar-refractivity contribution < 1.29 is 18.8 Å². The number of anilines is 1. The van der Waals surface area contributed by atoms with Crippen molar-refractivity contribution in [3.05, 3.63) is 64.9 Å². The molecule has 2 aromatic rings. The van der Waals surface area contributed by atoms with Crippen molar-refractivity contribution in [2.24, 2.45) is 0 Å². The molecule has 4 amide bonds. The monoisotopic (exact) mass is 460 g/mol. The van der Waals surface area contributed by atoms with Crippen LogP contribution in [-0.2, 0) is 16.0 Å². The molecular formula is C23H26ClFN4O3. The Morgan fingerprint density at radius 2 is 1.75 bits per heavy atom. The Kier molecular flexibility index (Phi) is 8.05. The molecule has 1 atom stereocenters. The molecule has 7 nitrogen and oxygen atoms in total. The first kappa shape index (κ1) is 23.5. The van der Waals surface area contributed by atoms with Gasteiger partial charge in [-0.3, -0.25) is 9.59 Å². The number of benzene rings is 2. The van der Waals surface area contributed by atoms with Crippen LogP contribution in [-0.4, -0.2) is 47.9 Å². The quantitative estimate of drug-likeness (QED) is 0.617. The number of likely N-dealkylation sites (tertiary alicyclic amines) is 1. The van der Waals surface area contributed by atoms with E-state index in [9.17, 15) is 18.8 Å². The summed E-state index contributed by atoms with van der Waals surface area (Å²) in [6.45, 7) is 2.27. The van der Waals surface area contributed by atoms with Crippen molar-refractivity contribution in [3.63, 3.8) is 0 Å². The van der Waals surface area contributed by atoms with Gasteiger partial charge in [-0.25, -0.2) is 9.18 Å². The Morgan fingerprint density at radius 3 is 2.38 bits per heavy atom. The van der Waals surface area contributed by atoms with Crippen LogP contribution in [0.4, 0.5) is 14.9 Å². The Balaban J connectivity index is 1.52. The van der Waals surface area contributed by atoms with Crippen LogP contribution < -0.4 is 16.0 Å². The van der Waals surface area contributed by atoms with Crippen LogP contribution in [0.25, 0.3) is 0 Å². The Labute approximate surface area is 191 Å². The third-order valence-electron chi connectivity index (χ3n) is 5.30. The molecule has 1 saturated heterocycles. The highest BCUT2D eigenvalue weighted by Crippen LogP contribution is 2.16. The van der Waals surface area contributed by atoms with E-state index in [0.717, 1.165) is 0 Å². The fraction of sp³-hybridized carbons (Fsp3) is 0.348. The average molecular weight is 461 g/mol. The van der Waals surface area contributed by atoms with Crippen molar-refractivity contribution in [1.82, 2.24) is 15.5 Å². The van der Waals surface area contributed by atoms with Crippen LogP contribution in [0.5, 0.6) is 0 Å². The summed E-state index contributed by atoms with van der Waals surface area (Å²) in [7, 11) is 0. The number of halogens is 2. The minimum Gasteiger partial charge on any atom is -0.351 e. The number of piperidine rings is 1. The van der Waals surface area contributed by atoms with Crippen LogP contribution in [0.2, 0.25) is 5.02 Å². The SMILES string of the molecule is CC(=O)N[C@H](Cc1ccccc1F)C(=O)NC1CCN(C(=O)Nc2ccc(Cl)cc2)CC1. The van der Waals surface area contributed by atoms with Gasteiger partial charge in [0.25, 0.3) is 0 Å². The molecule has 0 spiro atoms. The number of nitrogens with one attached hydrogen (secondary N) is 3. The van der Waals surface area contributed by atoms with E-state index in [1.165, 1.54) is 13.0 Å². The third kappa shape index (κ3) is 6.68. The highest BCUT2D eigenvalue weighted by molar-refractivity contribution is 6.30. The molecule has 3 rings (SSSR count). The largest absolute Gasteiger partial charge is 0.351 e. The molecular weight excluding hydrogens is 435 g/mol. The van der Waals surface area contributed by atoms with E-state index in [0.29, 0.717) is 42.2 Å². The summed E-state index contributed by atoms with van der Waals surface area (Å²) >= 11 is 5.86. The fourth-order valence-electron chi connectivity index (χ4n) is 3.60. The summed E-state index contributed by atoms with van der Waals surface area (Å²) in [5, 5.41) is 8.95. The van der Waals surface area contributed by atoms with Crippen molar-refractivity contribution >= 4 is 35.1 Å². The van der Waals surface area contributed by atoms with E-state index in [1.807, 2.05) is 0 Å². The lowest BCUT2D eigenvalue weighted by Gasteiger charge is -2.33. The summed E-state index contributed by atoms with van der Waals surface area (Å²) in [6.07, 6.45) is 1.21. The minimum absolute atomic E-state index is 0.0560. The van der Waals surface area contributed by atoms with E-state index in [4.69, 9.17) is 11.6 Å². The van der Waals surface area contributed by atoms with Gasteiger partial charge in [-0.2, -0.15) is 0 Å². The summed E-state index contributed by atoms with van der Waals surface area (Å²) in [5.74, 6) is -1.15. The van der Waals surface area contributed by atoms with Crippen molar-refractivity contribution in [2.75, 3.05) is 18.4 Å². The molecule has 1 fully saturated rings. The second kappa shape index (κ2) is 10.9. The maximum atomic E-state index is 14.0. The number of carbonyl (C=O) groups excluding carboxylic acids is 3. The molecule has 0 aliphatic carbocycles. The van der Waals surface area contributed by atoms with Gasteiger partial charge in [0, 0.05) is 43.2 Å². The molecule has 32 heavy (non-hydrogen) atoms. The normalized spacial score (nSPS) is 15.0. The van der Waals surface area contributed by atoms with E-state index in [1.54, 1.807) is 47.4 Å². The fourth-order valence-corrected chi connectivity index (χ4v) is 3.73. The third-order valence-corrected chi connectivity index (χ3v) is 5.55. The van der Waals surface area contributed by atoms with Crippen molar-refractivity contribution in [2.45, 2.75) is 38.3 Å². The Morgan fingerprint density at radius 1 is 1.09 bits per heavy atom. The molecule has 1 aliphatic rings. The lowest BCUT2D eigenvalue weighted by Crippen LogP contribution is -2.53. The Bertz CT molecular complexity index is 962. The van der Waals surface area contributed by atoms with E-state index < -0.39 is 11.9 Å². The summed E-state index contributed by atoms with van der Waals surface area (Å²) < 4.78 is 14.0. The van der Waals surface area contributed by atoms with Crippen LogP contribution in [0.15, 0.2) is 48.5 Å². The number of amides is 4. The predicted octanol–water partition coefficient (Wildman–Crippen LogP) is 3.34.